The number of aryl methyl sites for hydroxylation is 1. The molecule has 0 unspecified atom stereocenters. The van der Waals surface area contributed by atoms with Crippen LogP contribution < -0.4 is 15.0 Å². The summed E-state index contributed by atoms with van der Waals surface area (Å²) < 4.78 is 20.3. The van der Waals surface area contributed by atoms with Crippen LogP contribution in [0.25, 0.3) is 28.4 Å². The predicted molar refractivity (Wildman–Crippen MR) is 119 cm³/mol. The molecule has 0 amide bonds. The number of aromatic nitrogens is 3. The average molecular weight is 419 g/mol. The molecule has 7 heteroatoms. The summed E-state index contributed by atoms with van der Waals surface area (Å²) in [6, 6.07) is 15.0. The zero-order valence-electron chi connectivity index (χ0n) is 18.3. The molecule has 0 aliphatic carbocycles. The third-order valence-electron chi connectivity index (χ3n) is 5.44. The van der Waals surface area contributed by atoms with Crippen LogP contribution >= 0.6 is 0 Å². The first-order chi connectivity index (χ1) is 15.0. The summed E-state index contributed by atoms with van der Waals surface area (Å²) in [6.07, 6.45) is 0.606. The SMILES string of the molecule is CCc1oc(-c2ccc(OC)c(OC)c2)nc1-c1c(C)n(C)n(-c2ccccc2)c1=O. The van der Waals surface area contributed by atoms with E-state index in [2.05, 4.69) is 0 Å². The van der Waals surface area contributed by atoms with Crippen molar-refractivity contribution in [1.29, 1.82) is 0 Å². The van der Waals surface area contributed by atoms with Crippen LogP contribution in [0.15, 0.2) is 57.7 Å². The number of oxazole rings is 1. The van der Waals surface area contributed by atoms with Gasteiger partial charge >= 0.3 is 0 Å². The van der Waals surface area contributed by atoms with E-state index in [-0.39, 0.29) is 5.56 Å². The second-order valence-corrected chi connectivity index (χ2v) is 7.15. The summed E-state index contributed by atoms with van der Waals surface area (Å²) in [5, 5.41) is 0. The molecule has 0 saturated carbocycles. The fourth-order valence-corrected chi connectivity index (χ4v) is 3.72. The fraction of sp³-hybridized carbons (Fsp3) is 0.250. The van der Waals surface area contributed by atoms with Crippen LogP contribution in [0.5, 0.6) is 11.5 Å². The largest absolute Gasteiger partial charge is 0.493 e. The predicted octanol–water partition coefficient (Wildman–Crippen LogP) is 4.39. The summed E-state index contributed by atoms with van der Waals surface area (Å²) in [6.45, 7) is 3.90. The number of nitrogens with zero attached hydrogens (tertiary/aromatic N) is 3. The number of ether oxygens (including phenoxy) is 2. The molecule has 0 spiro atoms. The monoisotopic (exact) mass is 419 g/mol. The van der Waals surface area contributed by atoms with Gasteiger partial charge in [0.2, 0.25) is 5.89 Å². The van der Waals surface area contributed by atoms with Crippen LogP contribution in [0.3, 0.4) is 0 Å². The molecular formula is C24H25N3O4. The number of rotatable bonds is 6. The second kappa shape index (κ2) is 8.18. The molecule has 7 nitrogen and oxygen atoms in total. The van der Waals surface area contributed by atoms with Crippen molar-refractivity contribution in [1.82, 2.24) is 14.3 Å². The normalized spacial score (nSPS) is 11.0. The smallest absolute Gasteiger partial charge is 0.281 e. The van der Waals surface area contributed by atoms with Gasteiger partial charge in [-0.2, -0.15) is 0 Å². The van der Waals surface area contributed by atoms with Gasteiger partial charge in [0, 0.05) is 24.7 Å². The highest BCUT2D eigenvalue weighted by molar-refractivity contribution is 5.69. The van der Waals surface area contributed by atoms with E-state index in [1.165, 1.54) is 0 Å². The van der Waals surface area contributed by atoms with Crippen molar-refractivity contribution in [3.05, 3.63) is 70.3 Å². The Morgan fingerprint density at radius 2 is 1.74 bits per heavy atom. The fourth-order valence-electron chi connectivity index (χ4n) is 3.72. The molecule has 0 radical (unpaired) electrons. The van der Waals surface area contributed by atoms with Gasteiger partial charge in [-0.25, -0.2) is 9.67 Å². The summed E-state index contributed by atoms with van der Waals surface area (Å²) in [4.78, 5) is 18.2. The molecule has 4 aromatic rings. The van der Waals surface area contributed by atoms with Crippen molar-refractivity contribution in [2.75, 3.05) is 14.2 Å². The Morgan fingerprint density at radius 3 is 2.39 bits per heavy atom. The van der Waals surface area contributed by atoms with Gasteiger partial charge < -0.3 is 13.9 Å². The third-order valence-corrected chi connectivity index (χ3v) is 5.44. The Labute approximate surface area is 180 Å². The zero-order chi connectivity index (χ0) is 22.1. The van der Waals surface area contributed by atoms with Crippen LogP contribution in [-0.2, 0) is 13.5 Å². The van der Waals surface area contributed by atoms with Crippen molar-refractivity contribution >= 4 is 0 Å². The van der Waals surface area contributed by atoms with E-state index in [0.717, 1.165) is 16.9 Å². The number of hydrogen-bond acceptors (Lipinski definition) is 5. The third kappa shape index (κ3) is 3.42. The van der Waals surface area contributed by atoms with E-state index in [1.807, 2.05) is 68.0 Å². The topological polar surface area (TPSA) is 71.4 Å². The van der Waals surface area contributed by atoms with Crippen LogP contribution in [0.1, 0.15) is 18.4 Å². The lowest BCUT2D eigenvalue weighted by Gasteiger charge is -2.07. The van der Waals surface area contributed by atoms with E-state index >= 15 is 0 Å². The lowest BCUT2D eigenvalue weighted by atomic mass is 10.1. The average Bonchev–Trinajstić information content (AvgIpc) is 3.32. The number of methoxy groups -OCH3 is 2. The Kier molecular flexibility index (Phi) is 5.42. The minimum atomic E-state index is -0.131. The van der Waals surface area contributed by atoms with Gasteiger partial charge in [-0.05, 0) is 37.3 Å². The van der Waals surface area contributed by atoms with Crippen LogP contribution in [-0.4, -0.2) is 28.6 Å². The second-order valence-electron chi connectivity index (χ2n) is 7.15. The van der Waals surface area contributed by atoms with Gasteiger partial charge in [-0.3, -0.25) is 9.48 Å². The Morgan fingerprint density at radius 1 is 1.03 bits per heavy atom. The van der Waals surface area contributed by atoms with Gasteiger partial charge in [-0.15, -0.1) is 0 Å². The number of hydrogen-bond donors (Lipinski definition) is 0. The Bertz CT molecular complexity index is 1280. The number of benzene rings is 2. The van der Waals surface area contributed by atoms with Crippen molar-refractivity contribution in [3.8, 4) is 39.9 Å². The molecule has 4 rings (SSSR count). The first-order valence-electron chi connectivity index (χ1n) is 10.1. The van der Waals surface area contributed by atoms with Crippen molar-refractivity contribution < 1.29 is 13.9 Å². The molecule has 160 valence electrons. The molecule has 0 saturated heterocycles. The van der Waals surface area contributed by atoms with Gasteiger partial charge in [0.25, 0.3) is 5.56 Å². The van der Waals surface area contributed by atoms with Crippen LogP contribution in [0, 0.1) is 6.92 Å². The summed E-state index contributed by atoms with van der Waals surface area (Å²) in [5.74, 6) is 2.30. The van der Waals surface area contributed by atoms with E-state index in [9.17, 15) is 4.79 Å². The zero-order valence-corrected chi connectivity index (χ0v) is 18.3. The first-order valence-corrected chi connectivity index (χ1v) is 10.1. The van der Waals surface area contributed by atoms with E-state index in [0.29, 0.717) is 40.8 Å². The maximum atomic E-state index is 13.4. The molecule has 0 N–H and O–H groups in total. The summed E-state index contributed by atoms with van der Waals surface area (Å²) in [5.41, 5.74) is 3.34. The van der Waals surface area contributed by atoms with Gasteiger partial charge in [0.05, 0.1) is 25.5 Å². The molecule has 0 atom stereocenters. The van der Waals surface area contributed by atoms with E-state index in [1.54, 1.807) is 25.0 Å². The van der Waals surface area contributed by atoms with Gasteiger partial charge in [0.1, 0.15) is 11.5 Å². The first kappa shape index (κ1) is 20.5. The summed E-state index contributed by atoms with van der Waals surface area (Å²) in [7, 11) is 5.04. The maximum absolute atomic E-state index is 13.4. The Balaban J connectivity index is 1.88. The molecular weight excluding hydrogens is 394 g/mol. The van der Waals surface area contributed by atoms with Crippen molar-refractivity contribution in [3.63, 3.8) is 0 Å². The Hall–Kier alpha value is -3.74. The number of para-hydroxylation sites is 1. The standard InChI is InChI=1S/C24H25N3O4/c1-6-18-22(25-23(31-18)16-12-13-19(29-4)20(14-16)30-5)21-15(2)26(3)27(24(21)28)17-10-8-7-9-11-17/h7-14H,6H2,1-5H3. The minimum Gasteiger partial charge on any atom is -0.493 e. The molecule has 31 heavy (non-hydrogen) atoms. The molecule has 0 aliphatic rings. The van der Waals surface area contributed by atoms with Crippen molar-refractivity contribution in [2.24, 2.45) is 7.05 Å². The van der Waals surface area contributed by atoms with Crippen LogP contribution in [0.2, 0.25) is 0 Å². The molecule has 0 bridgehead atoms. The molecule has 0 aliphatic heterocycles. The van der Waals surface area contributed by atoms with Gasteiger partial charge in [-0.1, -0.05) is 25.1 Å². The highest BCUT2D eigenvalue weighted by Gasteiger charge is 2.25. The maximum Gasteiger partial charge on any atom is 0.281 e. The van der Waals surface area contributed by atoms with Gasteiger partial charge in [0.15, 0.2) is 11.5 Å². The molecule has 2 aromatic heterocycles. The van der Waals surface area contributed by atoms with E-state index < -0.39 is 0 Å². The van der Waals surface area contributed by atoms with Crippen LogP contribution in [0.4, 0.5) is 0 Å². The lowest BCUT2D eigenvalue weighted by molar-refractivity contribution is 0.355. The lowest BCUT2D eigenvalue weighted by Crippen LogP contribution is -2.20. The quantitative estimate of drug-likeness (QED) is 0.464. The molecule has 2 heterocycles. The summed E-state index contributed by atoms with van der Waals surface area (Å²) >= 11 is 0. The highest BCUT2D eigenvalue weighted by Crippen LogP contribution is 2.35. The van der Waals surface area contributed by atoms with E-state index in [4.69, 9.17) is 18.9 Å². The highest BCUT2D eigenvalue weighted by atomic mass is 16.5. The van der Waals surface area contributed by atoms with Crippen molar-refractivity contribution in [2.45, 2.75) is 20.3 Å². The molecule has 0 fully saturated rings. The molecule has 2 aromatic carbocycles. The minimum absolute atomic E-state index is 0.131.